The number of hydrogen-bond donors (Lipinski definition) is 1. The number of rotatable bonds is 0. The monoisotopic (exact) mass is 229 g/mol. The minimum Gasteiger partial charge on any atom is -0.370 e. The summed E-state index contributed by atoms with van der Waals surface area (Å²) in [5.41, 5.74) is 3.03. The third-order valence-corrected chi connectivity index (χ3v) is 3.16. The number of fused-ring (bicyclic) bond motifs is 3. The van der Waals surface area contributed by atoms with E-state index in [-0.39, 0.29) is 5.54 Å². The molecule has 0 aromatic carbocycles. The maximum Gasteiger partial charge on any atom is 0.162 e. The number of aromatic nitrogens is 4. The SMILES string of the molecule is Cc1cncc2c1-n1c(C)nnc1C(C)(C)N2. The van der Waals surface area contributed by atoms with Gasteiger partial charge in [0.1, 0.15) is 5.82 Å². The molecule has 0 spiro atoms. The Morgan fingerprint density at radius 3 is 2.71 bits per heavy atom. The first-order valence-corrected chi connectivity index (χ1v) is 5.66. The van der Waals surface area contributed by atoms with Crippen LogP contribution >= 0.6 is 0 Å². The Morgan fingerprint density at radius 1 is 1.18 bits per heavy atom. The zero-order valence-corrected chi connectivity index (χ0v) is 10.4. The highest BCUT2D eigenvalue weighted by Crippen LogP contribution is 2.37. The fourth-order valence-corrected chi connectivity index (χ4v) is 2.37. The standard InChI is InChI=1S/C12H15N5/c1-7-5-13-6-9-10(7)17-8(2)15-16-11(17)12(3,4)14-9/h5-6,14H,1-4H3. The van der Waals surface area contributed by atoms with E-state index in [1.165, 1.54) is 0 Å². The van der Waals surface area contributed by atoms with E-state index in [9.17, 15) is 0 Å². The van der Waals surface area contributed by atoms with Gasteiger partial charge in [-0.25, -0.2) is 0 Å². The molecule has 5 heteroatoms. The van der Waals surface area contributed by atoms with Crippen molar-refractivity contribution in [3.05, 3.63) is 29.6 Å². The summed E-state index contributed by atoms with van der Waals surface area (Å²) in [7, 11) is 0. The van der Waals surface area contributed by atoms with Gasteiger partial charge < -0.3 is 5.32 Å². The lowest BCUT2D eigenvalue weighted by atomic mass is 10.00. The molecule has 2 aromatic heterocycles. The molecule has 0 bridgehead atoms. The Balaban J connectivity index is 2.39. The minimum absolute atomic E-state index is 0.232. The van der Waals surface area contributed by atoms with Crippen molar-refractivity contribution in [2.24, 2.45) is 0 Å². The first-order valence-electron chi connectivity index (χ1n) is 5.66. The predicted octanol–water partition coefficient (Wildman–Crippen LogP) is 1.94. The van der Waals surface area contributed by atoms with E-state index < -0.39 is 0 Å². The van der Waals surface area contributed by atoms with Gasteiger partial charge in [-0.2, -0.15) is 0 Å². The molecule has 0 atom stereocenters. The Morgan fingerprint density at radius 2 is 1.94 bits per heavy atom. The second kappa shape index (κ2) is 3.06. The van der Waals surface area contributed by atoms with Crippen molar-refractivity contribution in [2.75, 3.05) is 5.32 Å². The van der Waals surface area contributed by atoms with Crippen LogP contribution in [0.15, 0.2) is 12.4 Å². The van der Waals surface area contributed by atoms with Crippen molar-refractivity contribution >= 4 is 5.69 Å². The lowest BCUT2D eigenvalue weighted by Gasteiger charge is -2.34. The van der Waals surface area contributed by atoms with Gasteiger partial charge in [0, 0.05) is 6.20 Å². The molecule has 0 radical (unpaired) electrons. The van der Waals surface area contributed by atoms with Crippen LogP contribution in [0, 0.1) is 13.8 Å². The van der Waals surface area contributed by atoms with Crippen LogP contribution in [0.3, 0.4) is 0 Å². The number of nitrogens with one attached hydrogen (secondary N) is 1. The molecule has 17 heavy (non-hydrogen) atoms. The van der Waals surface area contributed by atoms with Gasteiger partial charge in [0.15, 0.2) is 5.82 Å². The quantitative estimate of drug-likeness (QED) is 0.750. The maximum absolute atomic E-state index is 4.28. The van der Waals surface area contributed by atoms with Crippen LogP contribution in [0.2, 0.25) is 0 Å². The van der Waals surface area contributed by atoms with Crippen molar-refractivity contribution in [3.8, 4) is 5.69 Å². The van der Waals surface area contributed by atoms with E-state index in [1.54, 1.807) is 0 Å². The molecular formula is C12H15N5. The summed E-state index contributed by atoms with van der Waals surface area (Å²) < 4.78 is 2.11. The van der Waals surface area contributed by atoms with Gasteiger partial charge >= 0.3 is 0 Å². The van der Waals surface area contributed by atoms with Gasteiger partial charge in [-0.05, 0) is 33.3 Å². The van der Waals surface area contributed by atoms with Gasteiger partial charge in [0.2, 0.25) is 0 Å². The third kappa shape index (κ3) is 1.28. The molecule has 3 rings (SSSR count). The van der Waals surface area contributed by atoms with E-state index in [4.69, 9.17) is 0 Å². The molecule has 0 saturated heterocycles. The van der Waals surface area contributed by atoms with Crippen LogP contribution in [0.25, 0.3) is 5.69 Å². The molecule has 1 aliphatic rings. The van der Waals surface area contributed by atoms with Crippen LogP contribution in [0.5, 0.6) is 0 Å². The zero-order valence-electron chi connectivity index (χ0n) is 10.4. The molecule has 1 N–H and O–H groups in total. The molecule has 0 aliphatic carbocycles. The largest absolute Gasteiger partial charge is 0.370 e. The topological polar surface area (TPSA) is 55.6 Å². The first-order chi connectivity index (χ1) is 8.00. The second-order valence-corrected chi connectivity index (χ2v) is 5.01. The van der Waals surface area contributed by atoms with Crippen molar-refractivity contribution in [2.45, 2.75) is 33.2 Å². The summed E-state index contributed by atoms with van der Waals surface area (Å²) in [4.78, 5) is 4.23. The highest BCUT2D eigenvalue weighted by Gasteiger charge is 2.34. The average molecular weight is 229 g/mol. The van der Waals surface area contributed by atoms with Crippen LogP contribution in [-0.2, 0) is 5.54 Å². The van der Waals surface area contributed by atoms with Gasteiger partial charge in [-0.1, -0.05) is 0 Å². The predicted molar refractivity (Wildman–Crippen MR) is 65.3 cm³/mol. The Labute approximate surface area is 99.9 Å². The molecule has 3 heterocycles. The molecule has 0 amide bonds. The summed E-state index contributed by atoms with van der Waals surface area (Å²) in [6, 6.07) is 0. The minimum atomic E-state index is -0.232. The number of pyridine rings is 1. The molecule has 5 nitrogen and oxygen atoms in total. The fraction of sp³-hybridized carbons (Fsp3) is 0.417. The fourth-order valence-electron chi connectivity index (χ4n) is 2.37. The summed E-state index contributed by atoms with van der Waals surface area (Å²) in [5.74, 6) is 1.85. The summed E-state index contributed by atoms with van der Waals surface area (Å²) in [6.45, 7) is 8.22. The van der Waals surface area contributed by atoms with Crippen LogP contribution < -0.4 is 5.32 Å². The van der Waals surface area contributed by atoms with Crippen LogP contribution in [0.4, 0.5) is 5.69 Å². The molecule has 0 saturated carbocycles. The van der Waals surface area contributed by atoms with Gasteiger partial charge in [0.25, 0.3) is 0 Å². The molecule has 1 aliphatic heterocycles. The van der Waals surface area contributed by atoms with E-state index in [2.05, 4.69) is 45.8 Å². The lowest BCUT2D eigenvalue weighted by molar-refractivity contribution is 0.534. The van der Waals surface area contributed by atoms with Crippen LogP contribution in [-0.4, -0.2) is 19.7 Å². The Kier molecular flexibility index (Phi) is 1.85. The van der Waals surface area contributed by atoms with Gasteiger partial charge in [-0.3, -0.25) is 9.55 Å². The van der Waals surface area contributed by atoms with E-state index >= 15 is 0 Å². The number of aryl methyl sites for hydroxylation is 2. The van der Waals surface area contributed by atoms with E-state index in [1.807, 2.05) is 19.3 Å². The lowest BCUT2D eigenvalue weighted by Crippen LogP contribution is -2.36. The maximum atomic E-state index is 4.28. The Bertz CT molecular complexity index is 597. The summed E-state index contributed by atoms with van der Waals surface area (Å²) in [5, 5.41) is 11.9. The van der Waals surface area contributed by atoms with Crippen LogP contribution in [0.1, 0.15) is 31.1 Å². The number of hydrogen-bond acceptors (Lipinski definition) is 4. The molecule has 0 unspecified atom stereocenters. The highest BCUT2D eigenvalue weighted by atomic mass is 15.3. The Hall–Kier alpha value is -1.91. The molecule has 0 fully saturated rings. The van der Waals surface area contributed by atoms with E-state index in [0.717, 1.165) is 28.6 Å². The second-order valence-electron chi connectivity index (χ2n) is 5.01. The highest BCUT2D eigenvalue weighted by molar-refractivity contribution is 5.67. The number of anilines is 1. The normalized spacial score (nSPS) is 16.0. The molecule has 88 valence electrons. The van der Waals surface area contributed by atoms with Crippen molar-refractivity contribution in [3.63, 3.8) is 0 Å². The van der Waals surface area contributed by atoms with Gasteiger partial charge in [-0.15, -0.1) is 10.2 Å². The first kappa shape index (κ1) is 10.3. The van der Waals surface area contributed by atoms with Crippen molar-refractivity contribution < 1.29 is 0 Å². The number of nitrogens with zero attached hydrogens (tertiary/aromatic N) is 4. The summed E-state index contributed by atoms with van der Waals surface area (Å²) in [6.07, 6.45) is 3.72. The average Bonchev–Trinajstić information content (AvgIpc) is 2.61. The molecule has 2 aromatic rings. The smallest absolute Gasteiger partial charge is 0.162 e. The molecular weight excluding hydrogens is 214 g/mol. The third-order valence-electron chi connectivity index (χ3n) is 3.16. The zero-order chi connectivity index (χ0) is 12.2. The summed E-state index contributed by atoms with van der Waals surface area (Å²) >= 11 is 0. The van der Waals surface area contributed by atoms with E-state index in [0.29, 0.717) is 0 Å². The van der Waals surface area contributed by atoms with Crippen molar-refractivity contribution in [1.82, 2.24) is 19.7 Å². The van der Waals surface area contributed by atoms with Gasteiger partial charge in [0.05, 0.1) is 23.1 Å². The van der Waals surface area contributed by atoms with Crippen molar-refractivity contribution in [1.29, 1.82) is 0 Å².